The van der Waals surface area contributed by atoms with Crippen LogP contribution in [0.4, 0.5) is 0 Å². The molecule has 0 saturated carbocycles. The highest BCUT2D eigenvalue weighted by molar-refractivity contribution is 7.80. The number of aliphatic hydroxyl groups excluding tert-OH is 3. The molecule has 0 aliphatic carbocycles. The van der Waals surface area contributed by atoms with Crippen LogP contribution in [-0.4, -0.2) is 97.5 Å². The maximum atomic E-state index is 12.9. The van der Waals surface area contributed by atoms with Gasteiger partial charge in [0.15, 0.2) is 6.29 Å². The van der Waals surface area contributed by atoms with E-state index in [4.69, 9.17) is 18.9 Å². The lowest BCUT2D eigenvalue weighted by atomic mass is 9.99. The highest BCUT2D eigenvalue weighted by Gasteiger charge is 2.48. The van der Waals surface area contributed by atoms with Crippen LogP contribution in [-0.2, 0) is 38.3 Å². The lowest BCUT2D eigenvalue weighted by molar-refractivity contribution is -0.301. The summed E-state index contributed by atoms with van der Waals surface area (Å²) in [6.07, 6.45) is 51.4. The number of unbranched alkanes of at least 4 members (excludes halogenated alkanes) is 14. The molecule has 0 spiro atoms. The summed E-state index contributed by atoms with van der Waals surface area (Å²) in [6, 6.07) is 0. The van der Waals surface area contributed by atoms with Crippen molar-refractivity contribution in [2.24, 2.45) is 0 Å². The first kappa shape index (κ1) is 62.0. The maximum absolute atomic E-state index is 12.9. The minimum absolute atomic E-state index is 0.0118. The van der Waals surface area contributed by atoms with E-state index in [1.165, 1.54) is 44.9 Å². The highest BCUT2D eigenvalue weighted by Crippen LogP contribution is 2.26. The summed E-state index contributed by atoms with van der Waals surface area (Å²) in [6.45, 7) is 3.79. The van der Waals surface area contributed by atoms with Crippen LogP contribution in [0.25, 0.3) is 0 Å². The molecule has 1 heterocycles. The number of aliphatic hydroxyl groups is 3. The number of carbonyl (C=O) groups is 1. The second kappa shape index (κ2) is 44.2. The van der Waals surface area contributed by atoms with Crippen LogP contribution in [0, 0.1) is 0 Å². The molecule has 6 atom stereocenters. The van der Waals surface area contributed by atoms with E-state index in [2.05, 4.69) is 115 Å². The first-order valence-corrected chi connectivity index (χ1v) is 26.9. The van der Waals surface area contributed by atoms with Crippen molar-refractivity contribution in [2.75, 3.05) is 26.4 Å². The van der Waals surface area contributed by atoms with Gasteiger partial charge in [-0.05, 0) is 96.3 Å². The number of allylic oxidation sites excluding steroid dienone is 16. The van der Waals surface area contributed by atoms with E-state index in [0.29, 0.717) is 13.0 Å². The molecule has 1 fully saturated rings. The minimum Gasteiger partial charge on any atom is -0.457 e. The van der Waals surface area contributed by atoms with Gasteiger partial charge in [0.2, 0.25) is 0 Å². The number of hydrogen-bond donors (Lipinski definition) is 4. The zero-order valence-electron chi connectivity index (χ0n) is 41.2. The van der Waals surface area contributed by atoms with Gasteiger partial charge in [-0.3, -0.25) is 9.35 Å². The van der Waals surface area contributed by atoms with Crippen LogP contribution in [0.1, 0.15) is 174 Å². The van der Waals surface area contributed by atoms with E-state index < -0.39 is 59.8 Å². The second-order valence-corrected chi connectivity index (χ2v) is 18.1. The van der Waals surface area contributed by atoms with Gasteiger partial charge in [0.25, 0.3) is 0 Å². The lowest BCUT2D eigenvalue weighted by Gasteiger charge is -2.41. The topological polar surface area (TPSA) is 178 Å². The van der Waals surface area contributed by atoms with Gasteiger partial charge >= 0.3 is 16.4 Å². The van der Waals surface area contributed by atoms with Gasteiger partial charge in [-0.25, -0.2) is 4.18 Å². The van der Waals surface area contributed by atoms with Crippen LogP contribution in [0.15, 0.2) is 97.2 Å². The van der Waals surface area contributed by atoms with Gasteiger partial charge < -0.3 is 34.3 Å². The fourth-order valence-electron chi connectivity index (χ4n) is 7.12. The minimum atomic E-state index is -5.08. The molecule has 1 rings (SSSR count). The normalized spacial score (nSPS) is 20.2. The standard InChI is InChI=1S/C54H90O12S/c1-3-5-7-9-11-13-15-17-19-21-22-23-24-25-26-27-29-31-33-35-37-39-41-43-50(56)64-48(47-63-54-52(58)53(66-67(59,60)61)51(57)49(45-55)65-54)46-62-44-42-40-38-36-34-32-30-28-20-18-16-14-12-10-8-6-4-2/h5,7,11,13-14,16-17,19-20,22-23,25-26,28-29,31,48-49,51-55,57-58H,3-4,6,8-10,12,15,18,21,24,27,30,32-47H2,1-2H3,(H,59,60,61)/b7-5-,13-11-,16-14-,19-17-,23-22-,26-25-,28-20-,31-29-. The first-order valence-electron chi connectivity index (χ1n) is 25.5. The molecule has 1 aliphatic heterocycles. The largest absolute Gasteiger partial charge is 0.457 e. The Kier molecular flexibility index (Phi) is 41.0. The molecule has 1 saturated heterocycles. The predicted octanol–water partition coefficient (Wildman–Crippen LogP) is 11.8. The highest BCUT2D eigenvalue weighted by atomic mass is 32.3. The number of carbonyl (C=O) groups excluding carboxylic acids is 1. The third kappa shape index (κ3) is 37.6. The average molecular weight is 963 g/mol. The Hall–Kier alpha value is -2.98. The Morgan fingerprint density at radius 1 is 0.582 bits per heavy atom. The van der Waals surface area contributed by atoms with Gasteiger partial charge in [-0.1, -0.05) is 169 Å². The van der Waals surface area contributed by atoms with E-state index in [9.17, 15) is 33.1 Å². The van der Waals surface area contributed by atoms with Crippen molar-refractivity contribution in [3.8, 4) is 0 Å². The van der Waals surface area contributed by atoms with Gasteiger partial charge in [-0.15, -0.1) is 0 Å². The fraction of sp³-hybridized carbons (Fsp3) is 0.685. The van der Waals surface area contributed by atoms with Crippen LogP contribution >= 0.6 is 0 Å². The third-order valence-electron chi connectivity index (χ3n) is 10.9. The van der Waals surface area contributed by atoms with E-state index in [1.807, 2.05) is 0 Å². The van der Waals surface area contributed by atoms with Crippen molar-refractivity contribution < 1.29 is 56.2 Å². The van der Waals surface area contributed by atoms with Crippen molar-refractivity contribution in [3.05, 3.63) is 97.2 Å². The predicted molar refractivity (Wildman–Crippen MR) is 271 cm³/mol. The Labute approximate surface area is 406 Å². The summed E-state index contributed by atoms with van der Waals surface area (Å²) in [5.74, 6) is -0.431. The number of hydrogen-bond acceptors (Lipinski definition) is 11. The van der Waals surface area contributed by atoms with E-state index in [0.717, 1.165) is 103 Å². The van der Waals surface area contributed by atoms with Gasteiger partial charge in [0.1, 0.15) is 30.5 Å². The summed E-state index contributed by atoms with van der Waals surface area (Å²) in [7, 11) is -5.08. The summed E-state index contributed by atoms with van der Waals surface area (Å²) in [5.41, 5.74) is 0. The van der Waals surface area contributed by atoms with Crippen LogP contribution in [0.3, 0.4) is 0 Å². The Morgan fingerprint density at radius 3 is 1.51 bits per heavy atom. The monoisotopic (exact) mass is 963 g/mol. The van der Waals surface area contributed by atoms with Crippen molar-refractivity contribution in [2.45, 2.75) is 211 Å². The van der Waals surface area contributed by atoms with Crippen LogP contribution < -0.4 is 0 Å². The molecule has 13 heteroatoms. The molecule has 0 aromatic heterocycles. The van der Waals surface area contributed by atoms with Crippen molar-refractivity contribution >= 4 is 16.4 Å². The quantitative estimate of drug-likeness (QED) is 0.0197. The summed E-state index contributed by atoms with van der Waals surface area (Å²) >= 11 is 0. The van der Waals surface area contributed by atoms with Crippen molar-refractivity contribution in [1.29, 1.82) is 0 Å². The van der Waals surface area contributed by atoms with Crippen LogP contribution in [0.5, 0.6) is 0 Å². The Balaban J connectivity index is 2.41. The van der Waals surface area contributed by atoms with E-state index in [-0.39, 0.29) is 19.6 Å². The number of ether oxygens (including phenoxy) is 4. The first-order chi connectivity index (χ1) is 32.6. The molecule has 1 aliphatic rings. The summed E-state index contributed by atoms with van der Waals surface area (Å²) < 4.78 is 59.2. The molecular weight excluding hydrogens is 873 g/mol. The van der Waals surface area contributed by atoms with Gasteiger partial charge in [0.05, 0.1) is 19.8 Å². The lowest BCUT2D eigenvalue weighted by Crippen LogP contribution is -2.60. The SMILES string of the molecule is CC/C=C\C/C=C\C/C=C\C/C=C\C/C=C\C/C=C\CCCCCCC(=O)OC(COCCCCCCCC/C=C\C/C=C\CCCCCC)COC1OC(CO)C(O)C(OS(=O)(=O)O)C1O. The zero-order chi connectivity index (χ0) is 48.9. The van der Waals surface area contributed by atoms with Crippen molar-refractivity contribution in [1.82, 2.24) is 0 Å². The van der Waals surface area contributed by atoms with E-state index >= 15 is 0 Å². The molecule has 0 radical (unpaired) electrons. The van der Waals surface area contributed by atoms with Gasteiger partial charge in [0, 0.05) is 13.0 Å². The Morgan fingerprint density at radius 2 is 1.03 bits per heavy atom. The second-order valence-electron chi connectivity index (χ2n) is 17.0. The molecule has 12 nitrogen and oxygen atoms in total. The third-order valence-corrected chi connectivity index (χ3v) is 11.4. The fourth-order valence-corrected chi connectivity index (χ4v) is 7.63. The van der Waals surface area contributed by atoms with E-state index in [1.54, 1.807) is 0 Å². The molecule has 384 valence electrons. The molecular formula is C54H90O12S. The molecule has 4 N–H and O–H groups in total. The molecule has 0 aromatic rings. The maximum Gasteiger partial charge on any atom is 0.397 e. The summed E-state index contributed by atoms with van der Waals surface area (Å²) in [5, 5.41) is 30.8. The van der Waals surface area contributed by atoms with Crippen LogP contribution in [0.2, 0.25) is 0 Å². The smallest absolute Gasteiger partial charge is 0.397 e. The summed E-state index contributed by atoms with van der Waals surface area (Å²) in [4.78, 5) is 12.9. The zero-order valence-corrected chi connectivity index (χ0v) is 42.0. The van der Waals surface area contributed by atoms with Gasteiger partial charge in [-0.2, -0.15) is 8.42 Å². The number of rotatable bonds is 43. The Bertz CT molecular complexity index is 1530. The molecule has 0 bridgehead atoms. The number of esters is 1. The van der Waals surface area contributed by atoms with Crippen molar-refractivity contribution in [3.63, 3.8) is 0 Å². The molecule has 0 amide bonds. The molecule has 6 unspecified atom stereocenters. The molecule has 67 heavy (non-hydrogen) atoms. The molecule has 0 aromatic carbocycles. The average Bonchev–Trinajstić information content (AvgIpc) is 3.30.